The first-order valence-corrected chi connectivity index (χ1v) is 10.7. The fourth-order valence-electron chi connectivity index (χ4n) is 3.00. The van der Waals surface area contributed by atoms with Crippen molar-refractivity contribution in [3.05, 3.63) is 66.2 Å². The summed E-state index contributed by atoms with van der Waals surface area (Å²) in [6.07, 6.45) is 1.03. The summed E-state index contributed by atoms with van der Waals surface area (Å²) in [6, 6.07) is 16.6. The molecule has 0 aliphatic carbocycles. The number of fused-ring (bicyclic) bond motifs is 1. The molecule has 0 saturated heterocycles. The standard InChI is InChI=1S/C22H22O6S/c1-3-15(2)16-10-12-17(13-11-16)28-22(23)14-27-20-8-4-7-19-18(20)6-5-9-21(19)29(24,25)26/h4-13,15H,3,14H2,1-2H3,(H,24,25,26). The van der Waals surface area contributed by atoms with E-state index in [9.17, 15) is 17.8 Å². The second-order valence-electron chi connectivity index (χ2n) is 6.72. The number of benzene rings is 3. The van der Waals surface area contributed by atoms with Crippen molar-refractivity contribution in [1.82, 2.24) is 0 Å². The Labute approximate surface area is 169 Å². The topological polar surface area (TPSA) is 89.9 Å². The van der Waals surface area contributed by atoms with Crippen LogP contribution in [0, 0.1) is 0 Å². The fraction of sp³-hybridized carbons (Fsp3) is 0.227. The third-order valence-corrected chi connectivity index (χ3v) is 5.67. The van der Waals surface area contributed by atoms with Gasteiger partial charge in [0.05, 0.1) is 0 Å². The average Bonchev–Trinajstić information content (AvgIpc) is 2.71. The third-order valence-electron chi connectivity index (χ3n) is 4.76. The highest BCUT2D eigenvalue weighted by Crippen LogP contribution is 2.30. The van der Waals surface area contributed by atoms with Crippen LogP contribution in [0.1, 0.15) is 31.7 Å². The number of ether oxygens (including phenoxy) is 2. The van der Waals surface area contributed by atoms with E-state index in [0.717, 1.165) is 6.42 Å². The normalized spacial score (nSPS) is 12.5. The molecule has 0 saturated carbocycles. The van der Waals surface area contributed by atoms with Crippen LogP contribution in [0.2, 0.25) is 0 Å². The zero-order valence-corrected chi connectivity index (χ0v) is 17.0. The second-order valence-corrected chi connectivity index (χ2v) is 8.11. The molecule has 1 atom stereocenters. The van der Waals surface area contributed by atoms with Crippen molar-refractivity contribution < 1.29 is 27.2 Å². The lowest BCUT2D eigenvalue weighted by Crippen LogP contribution is -2.17. The Morgan fingerprint density at radius 2 is 1.66 bits per heavy atom. The molecule has 0 fully saturated rings. The van der Waals surface area contributed by atoms with Gasteiger partial charge >= 0.3 is 5.97 Å². The molecule has 152 valence electrons. The summed E-state index contributed by atoms with van der Waals surface area (Å²) in [5.74, 6) is 0.598. The summed E-state index contributed by atoms with van der Waals surface area (Å²) in [7, 11) is -4.38. The molecule has 0 radical (unpaired) electrons. The minimum Gasteiger partial charge on any atom is -0.481 e. The molecular formula is C22H22O6S. The molecule has 0 aromatic heterocycles. The Morgan fingerprint density at radius 1 is 1.00 bits per heavy atom. The maximum absolute atomic E-state index is 12.1. The summed E-state index contributed by atoms with van der Waals surface area (Å²) in [4.78, 5) is 11.9. The van der Waals surface area contributed by atoms with Gasteiger partial charge in [-0.05, 0) is 42.2 Å². The van der Waals surface area contributed by atoms with Crippen molar-refractivity contribution in [3.8, 4) is 11.5 Å². The number of hydrogen-bond donors (Lipinski definition) is 1. The summed E-state index contributed by atoms with van der Waals surface area (Å²) >= 11 is 0. The molecule has 0 aliphatic heterocycles. The molecule has 0 amide bonds. The van der Waals surface area contributed by atoms with Crippen molar-refractivity contribution in [2.24, 2.45) is 0 Å². The molecule has 3 aromatic carbocycles. The monoisotopic (exact) mass is 414 g/mol. The summed E-state index contributed by atoms with van der Waals surface area (Å²) in [5, 5.41) is 0.773. The highest BCUT2D eigenvalue weighted by atomic mass is 32.2. The quantitative estimate of drug-likeness (QED) is 0.346. The Bertz CT molecular complexity index is 1120. The Kier molecular flexibility index (Phi) is 6.20. The van der Waals surface area contributed by atoms with E-state index in [1.54, 1.807) is 36.4 Å². The van der Waals surface area contributed by atoms with E-state index in [-0.39, 0.29) is 11.5 Å². The zero-order valence-electron chi connectivity index (χ0n) is 16.2. The molecule has 1 N–H and O–H groups in total. The van der Waals surface area contributed by atoms with Gasteiger partial charge in [-0.25, -0.2) is 4.79 Å². The Balaban J connectivity index is 1.71. The van der Waals surface area contributed by atoms with Gasteiger partial charge in [0.2, 0.25) is 0 Å². The maximum Gasteiger partial charge on any atom is 0.349 e. The molecule has 1 unspecified atom stereocenters. The first-order valence-electron chi connectivity index (χ1n) is 9.22. The maximum atomic E-state index is 12.1. The predicted molar refractivity (Wildman–Crippen MR) is 110 cm³/mol. The summed E-state index contributed by atoms with van der Waals surface area (Å²) < 4.78 is 43.3. The van der Waals surface area contributed by atoms with Gasteiger partial charge in [0.1, 0.15) is 16.4 Å². The van der Waals surface area contributed by atoms with Crippen molar-refractivity contribution in [1.29, 1.82) is 0 Å². The van der Waals surface area contributed by atoms with E-state index in [4.69, 9.17) is 9.47 Å². The highest BCUT2D eigenvalue weighted by molar-refractivity contribution is 7.86. The Hall–Kier alpha value is -2.90. The van der Waals surface area contributed by atoms with Crippen LogP contribution in [0.3, 0.4) is 0 Å². The van der Waals surface area contributed by atoms with Crippen LogP contribution < -0.4 is 9.47 Å². The minimum atomic E-state index is -4.38. The second kappa shape index (κ2) is 8.63. The van der Waals surface area contributed by atoms with Crippen molar-refractivity contribution >= 4 is 26.9 Å². The number of esters is 1. The SMILES string of the molecule is CCC(C)c1ccc(OC(=O)COc2cccc3c(S(=O)(=O)O)cccc23)cc1. The number of carbonyl (C=O) groups excluding carboxylic acids is 1. The van der Waals surface area contributed by atoms with E-state index in [1.807, 2.05) is 12.1 Å². The Morgan fingerprint density at radius 3 is 2.31 bits per heavy atom. The van der Waals surface area contributed by atoms with Crippen LogP contribution >= 0.6 is 0 Å². The molecule has 3 aromatic rings. The van der Waals surface area contributed by atoms with Crippen LogP contribution in [0.4, 0.5) is 0 Å². The first kappa shape index (κ1) is 20.8. The molecule has 29 heavy (non-hydrogen) atoms. The van der Waals surface area contributed by atoms with Gasteiger partial charge < -0.3 is 9.47 Å². The van der Waals surface area contributed by atoms with Crippen LogP contribution in [0.25, 0.3) is 10.8 Å². The summed E-state index contributed by atoms with van der Waals surface area (Å²) in [5.41, 5.74) is 1.17. The van der Waals surface area contributed by atoms with Gasteiger partial charge in [0.15, 0.2) is 6.61 Å². The number of hydrogen-bond acceptors (Lipinski definition) is 5. The molecule has 0 heterocycles. The zero-order chi connectivity index (χ0) is 21.0. The molecule has 0 aliphatic rings. The van der Waals surface area contributed by atoms with Crippen LogP contribution in [-0.2, 0) is 14.9 Å². The van der Waals surface area contributed by atoms with Gasteiger partial charge in [0, 0.05) is 10.8 Å². The van der Waals surface area contributed by atoms with Gasteiger partial charge in [-0.2, -0.15) is 8.42 Å². The smallest absolute Gasteiger partial charge is 0.349 e. The van der Waals surface area contributed by atoms with E-state index in [1.165, 1.54) is 17.7 Å². The molecule has 7 heteroatoms. The first-order chi connectivity index (χ1) is 13.8. The average molecular weight is 414 g/mol. The van der Waals surface area contributed by atoms with E-state index < -0.39 is 16.1 Å². The lowest BCUT2D eigenvalue weighted by molar-refractivity contribution is -0.136. The third kappa shape index (κ3) is 4.93. The van der Waals surface area contributed by atoms with Crippen molar-refractivity contribution in [3.63, 3.8) is 0 Å². The van der Waals surface area contributed by atoms with E-state index in [2.05, 4.69) is 13.8 Å². The van der Waals surface area contributed by atoms with Crippen molar-refractivity contribution in [2.75, 3.05) is 6.61 Å². The largest absolute Gasteiger partial charge is 0.481 e. The highest BCUT2D eigenvalue weighted by Gasteiger charge is 2.16. The van der Waals surface area contributed by atoms with Crippen LogP contribution in [0.5, 0.6) is 11.5 Å². The van der Waals surface area contributed by atoms with Gasteiger partial charge in [0.25, 0.3) is 10.1 Å². The summed E-state index contributed by atoms with van der Waals surface area (Å²) in [6.45, 7) is 3.90. The molecule has 0 bridgehead atoms. The predicted octanol–water partition coefficient (Wildman–Crippen LogP) is 4.58. The number of carbonyl (C=O) groups is 1. The number of rotatable bonds is 7. The fourth-order valence-corrected chi connectivity index (χ4v) is 3.71. The molecule has 3 rings (SSSR count). The van der Waals surface area contributed by atoms with E-state index >= 15 is 0 Å². The molecule has 0 spiro atoms. The van der Waals surface area contributed by atoms with E-state index in [0.29, 0.717) is 28.2 Å². The lowest BCUT2D eigenvalue weighted by atomic mass is 9.99. The molecular weight excluding hydrogens is 392 g/mol. The van der Waals surface area contributed by atoms with Crippen LogP contribution in [-0.4, -0.2) is 25.5 Å². The van der Waals surface area contributed by atoms with Gasteiger partial charge in [-0.15, -0.1) is 0 Å². The lowest BCUT2D eigenvalue weighted by Gasteiger charge is -2.12. The minimum absolute atomic E-state index is 0.218. The van der Waals surface area contributed by atoms with Crippen LogP contribution in [0.15, 0.2) is 65.6 Å². The van der Waals surface area contributed by atoms with Gasteiger partial charge in [-0.1, -0.05) is 50.2 Å². The molecule has 6 nitrogen and oxygen atoms in total. The van der Waals surface area contributed by atoms with Gasteiger partial charge in [-0.3, -0.25) is 4.55 Å². The van der Waals surface area contributed by atoms with Crippen molar-refractivity contribution in [2.45, 2.75) is 31.1 Å².